The Bertz CT molecular complexity index is 480. The molecule has 0 saturated carbocycles. The molecule has 2 aromatic rings. The minimum absolute atomic E-state index is 0.711. The van der Waals surface area contributed by atoms with Gasteiger partial charge in [-0.2, -0.15) is 0 Å². The van der Waals surface area contributed by atoms with Gasteiger partial charge in [-0.1, -0.05) is 30.3 Å². The van der Waals surface area contributed by atoms with Gasteiger partial charge < -0.3 is 4.74 Å². The number of methoxy groups -OCH3 is 1. The fourth-order valence-electron chi connectivity index (χ4n) is 1.28. The highest BCUT2D eigenvalue weighted by molar-refractivity contribution is 5.81. The molecule has 1 aromatic carbocycles. The van der Waals surface area contributed by atoms with Crippen LogP contribution in [0.25, 0.3) is 0 Å². The Hall–Kier alpha value is -2.16. The minimum atomic E-state index is 0.711. The zero-order valence-corrected chi connectivity index (χ0v) is 9.00. The topological polar surface area (TPSA) is 34.5 Å². The number of benzene rings is 1. The molecule has 80 valence electrons. The molecule has 3 nitrogen and oxygen atoms in total. The number of aromatic nitrogens is 1. The number of ether oxygens (including phenoxy) is 1. The van der Waals surface area contributed by atoms with Crippen LogP contribution in [0.1, 0.15) is 5.56 Å². The van der Waals surface area contributed by atoms with Gasteiger partial charge >= 0.3 is 0 Å². The first kappa shape index (κ1) is 10.4. The van der Waals surface area contributed by atoms with Gasteiger partial charge in [-0.3, -0.25) is 9.98 Å². The average Bonchev–Trinajstić information content (AvgIpc) is 2.38. The second-order valence-corrected chi connectivity index (χ2v) is 3.25. The molecule has 0 aliphatic rings. The molecule has 3 heteroatoms. The van der Waals surface area contributed by atoms with Gasteiger partial charge in [-0.05, 0) is 5.56 Å². The van der Waals surface area contributed by atoms with E-state index in [-0.39, 0.29) is 0 Å². The number of hydrogen-bond acceptors (Lipinski definition) is 3. The van der Waals surface area contributed by atoms with Crippen molar-refractivity contribution in [3.63, 3.8) is 0 Å². The molecule has 0 radical (unpaired) electrons. The normalized spacial score (nSPS) is 10.6. The molecular weight excluding hydrogens is 200 g/mol. The molecule has 16 heavy (non-hydrogen) atoms. The molecule has 0 atom stereocenters. The molecule has 0 bridgehead atoms. The van der Waals surface area contributed by atoms with E-state index >= 15 is 0 Å². The Morgan fingerprint density at radius 3 is 2.75 bits per heavy atom. The van der Waals surface area contributed by atoms with E-state index in [0.29, 0.717) is 5.75 Å². The van der Waals surface area contributed by atoms with Crippen molar-refractivity contribution in [2.75, 3.05) is 7.11 Å². The summed E-state index contributed by atoms with van der Waals surface area (Å²) in [6, 6.07) is 11.8. The van der Waals surface area contributed by atoms with Crippen molar-refractivity contribution in [3.8, 4) is 5.75 Å². The predicted molar refractivity (Wildman–Crippen MR) is 64.5 cm³/mol. The third-order valence-electron chi connectivity index (χ3n) is 2.10. The lowest BCUT2D eigenvalue weighted by atomic mass is 10.2. The summed E-state index contributed by atoms with van der Waals surface area (Å²) in [5.74, 6) is 0.711. The molecule has 2 rings (SSSR count). The molecule has 0 spiro atoms. The Balaban J connectivity index is 2.17. The first-order valence-corrected chi connectivity index (χ1v) is 4.96. The minimum Gasteiger partial charge on any atom is -0.495 e. The molecule has 0 saturated heterocycles. The number of pyridine rings is 1. The smallest absolute Gasteiger partial charge is 0.139 e. The summed E-state index contributed by atoms with van der Waals surface area (Å²) in [7, 11) is 1.61. The SMILES string of the molecule is COc1cncc(/N=C/c2ccccc2)c1. The zero-order chi connectivity index (χ0) is 11.2. The second-order valence-electron chi connectivity index (χ2n) is 3.25. The summed E-state index contributed by atoms with van der Waals surface area (Å²) in [6.07, 6.45) is 5.15. The zero-order valence-electron chi connectivity index (χ0n) is 9.00. The predicted octanol–water partition coefficient (Wildman–Crippen LogP) is 2.84. The van der Waals surface area contributed by atoms with Gasteiger partial charge in [0, 0.05) is 12.3 Å². The lowest BCUT2D eigenvalue weighted by Crippen LogP contribution is -1.83. The van der Waals surface area contributed by atoms with Crippen molar-refractivity contribution in [3.05, 3.63) is 54.4 Å². The van der Waals surface area contributed by atoms with Crippen LogP contribution in [0.2, 0.25) is 0 Å². The third-order valence-corrected chi connectivity index (χ3v) is 2.10. The van der Waals surface area contributed by atoms with Crippen LogP contribution in [0, 0.1) is 0 Å². The Kier molecular flexibility index (Phi) is 3.28. The highest BCUT2D eigenvalue weighted by Crippen LogP contribution is 2.17. The number of hydrogen-bond donors (Lipinski definition) is 0. The van der Waals surface area contributed by atoms with Crippen LogP contribution in [-0.2, 0) is 0 Å². The maximum Gasteiger partial charge on any atom is 0.139 e. The lowest BCUT2D eigenvalue weighted by molar-refractivity contribution is 0.413. The molecule has 0 fully saturated rings. The maximum absolute atomic E-state index is 5.07. The largest absolute Gasteiger partial charge is 0.495 e. The Morgan fingerprint density at radius 2 is 2.00 bits per heavy atom. The van der Waals surface area contributed by atoms with Crippen molar-refractivity contribution in [2.24, 2.45) is 4.99 Å². The first-order valence-electron chi connectivity index (χ1n) is 4.96. The monoisotopic (exact) mass is 212 g/mol. The van der Waals surface area contributed by atoms with Gasteiger partial charge in [-0.25, -0.2) is 0 Å². The van der Waals surface area contributed by atoms with Crippen LogP contribution in [-0.4, -0.2) is 18.3 Å². The molecule has 1 aromatic heterocycles. The second kappa shape index (κ2) is 5.07. The van der Waals surface area contributed by atoms with Crippen LogP contribution in [0.5, 0.6) is 5.75 Å². The van der Waals surface area contributed by atoms with E-state index in [1.165, 1.54) is 0 Å². The van der Waals surface area contributed by atoms with Crippen molar-refractivity contribution in [1.29, 1.82) is 0 Å². The van der Waals surface area contributed by atoms with Crippen molar-refractivity contribution < 1.29 is 4.74 Å². The summed E-state index contributed by atoms with van der Waals surface area (Å²) in [4.78, 5) is 8.35. The number of rotatable bonds is 3. The standard InChI is InChI=1S/C13H12N2O/c1-16-13-7-12(9-14-10-13)15-8-11-5-3-2-4-6-11/h2-10H,1H3/b15-8+. The van der Waals surface area contributed by atoms with Gasteiger partial charge in [0.05, 0.1) is 25.2 Å². The maximum atomic E-state index is 5.07. The quantitative estimate of drug-likeness (QED) is 0.733. The fraction of sp³-hybridized carbons (Fsp3) is 0.0769. The molecule has 0 aliphatic carbocycles. The molecule has 0 aliphatic heterocycles. The van der Waals surface area contributed by atoms with E-state index in [2.05, 4.69) is 9.98 Å². The van der Waals surface area contributed by atoms with Gasteiger partial charge in [0.25, 0.3) is 0 Å². The van der Waals surface area contributed by atoms with Gasteiger partial charge in [-0.15, -0.1) is 0 Å². The number of nitrogens with zero attached hydrogens (tertiary/aromatic N) is 2. The third kappa shape index (κ3) is 2.67. The van der Waals surface area contributed by atoms with Gasteiger partial charge in [0.2, 0.25) is 0 Å². The Morgan fingerprint density at radius 1 is 1.19 bits per heavy atom. The first-order chi connectivity index (χ1) is 7.88. The number of aliphatic imine (C=N–C) groups is 1. The summed E-state index contributed by atoms with van der Waals surface area (Å²) in [5, 5.41) is 0. The van der Waals surface area contributed by atoms with Crippen molar-refractivity contribution in [2.45, 2.75) is 0 Å². The summed E-state index contributed by atoms with van der Waals surface area (Å²) < 4.78 is 5.07. The van der Waals surface area contributed by atoms with Crippen molar-refractivity contribution >= 4 is 11.9 Å². The lowest BCUT2D eigenvalue weighted by Gasteiger charge is -1.98. The van der Waals surface area contributed by atoms with E-state index in [4.69, 9.17) is 4.74 Å². The molecule has 0 unspecified atom stereocenters. The van der Waals surface area contributed by atoms with E-state index < -0.39 is 0 Å². The highest BCUT2D eigenvalue weighted by atomic mass is 16.5. The summed E-state index contributed by atoms with van der Waals surface area (Å²) >= 11 is 0. The van der Waals surface area contributed by atoms with E-state index in [1.54, 1.807) is 25.7 Å². The van der Waals surface area contributed by atoms with E-state index in [0.717, 1.165) is 11.3 Å². The summed E-state index contributed by atoms with van der Waals surface area (Å²) in [6.45, 7) is 0. The molecular formula is C13H12N2O. The van der Waals surface area contributed by atoms with Crippen LogP contribution >= 0.6 is 0 Å². The highest BCUT2D eigenvalue weighted by Gasteiger charge is 1.93. The van der Waals surface area contributed by atoms with Gasteiger partial charge in [0.1, 0.15) is 5.75 Å². The van der Waals surface area contributed by atoms with E-state index in [1.807, 2.05) is 36.4 Å². The molecule has 0 N–H and O–H groups in total. The molecule has 0 amide bonds. The fourth-order valence-corrected chi connectivity index (χ4v) is 1.28. The average molecular weight is 212 g/mol. The van der Waals surface area contributed by atoms with Crippen LogP contribution in [0.4, 0.5) is 5.69 Å². The van der Waals surface area contributed by atoms with Gasteiger partial charge in [0.15, 0.2) is 0 Å². The molecule has 1 heterocycles. The summed E-state index contributed by atoms with van der Waals surface area (Å²) in [5.41, 5.74) is 1.84. The van der Waals surface area contributed by atoms with Crippen LogP contribution in [0.3, 0.4) is 0 Å². The van der Waals surface area contributed by atoms with Crippen LogP contribution < -0.4 is 4.74 Å². The van der Waals surface area contributed by atoms with E-state index in [9.17, 15) is 0 Å². The Labute approximate surface area is 94.4 Å². The van der Waals surface area contributed by atoms with Crippen LogP contribution in [0.15, 0.2) is 53.8 Å². The van der Waals surface area contributed by atoms with Crippen molar-refractivity contribution in [1.82, 2.24) is 4.98 Å².